The maximum absolute atomic E-state index is 12.2. The molecule has 1 aromatic heterocycles. The van der Waals surface area contributed by atoms with Crippen LogP contribution >= 0.6 is 0 Å². The number of carbonyl (C=O) groups excluding carboxylic acids is 1. The summed E-state index contributed by atoms with van der Waals surface area (Å²) in [7, 11) is 0. The highest BCUT2D eigenvalue weighted by molar-refractivity contribution is 5.94. The van der Waals surface area contributed by atoms with E-state index in [2.05, 4.69) is 5.32 Å². The summed E-state index contributed by atoms with van der Waals surface area (Å²) in [5, 5.41) is 40.7. The topological polar surface area (TPSA) is 138 Å². The monoisotopic (exact) mass is 301 g/mol. The molecule has 0 unspecified atom stereocenters. The fourth-order valence-corrected chi connectivity index (χ4v) is 1.75. The lowest BCUT2D eigenvalue weighted by atomic mass is 10.0. The largest absolute Gasteiger partial charge is 0.394 e. The van der Waals surface area contributed by atoms with Gasteiger partial charge in [-0.15, -0.1) is 0 Å². The summed E-state index contributed by atoms with van der Waals surface area (Å²) < 4.78 is 1.41. The van der Waals surface area contributed by atoms with Crippen LogP contribution in [-0.4, -0.2) is 56.1 Å². The minimum Gasteiger partial charge on any atom is -0.394 e. The molecule has 0 saturated heterocycles. The van der Waals surface area contributed by atoms with Crippen molar-refractivity contribution in [1.29, 1.82) is 0 Å². The Morgan fingerprint density at radius 2 is 1.90 bits per heavy atom. The number of carbonyl (C=O) groups is 1. The van der Waals surface area contributed by atoms with E-state index in [0.717, 1.165) is 6.07 Å². The van der Waals surface area contributed by atoms with E-state index in [1.54, 1.807) is 13.8 Å². The molecule has 1 amide bonds. The van der Waals surface area contributed by atoms with Crippen molar-refractivity contribution in [3.05, 3.63) is 28.1 Å². The maximum Gasteiger partial charge on any atom is 0.287 e. The highest BCUT2D eigenvalue weighted by Gasteiger charge is 2.32. The number of hydrogen-bond donors (Lipinski definition) is 4. The SMILES string of the molecule is CC(C)n1cc([N+](=O)[O-])cc1C(=O)NC(CO)(CO)CO. The second-order valence-corrected chi connectivity index (χ2v) is 5.05. The Morgan fingerprint density at radius 1 is 1.38 bits per heavy atom. The Labute approximate surface area is 121 Å². The minimum atomic E-state index is -1.59. The van der Waals surface area contributed by atoms with Crippen LogP contribution in [-0.2, 0) is 0 Å². The van der Waals surface area contributed by atoms with Gasteiger partial charge in [-0.3, -0.25) is 14.9 Å². The quantitative estimate of drug-likeness (QED) is 0.393. The molecule has 0 aliphatic heterocycles. The second-order valence-electron chi connectivity index (χ2n) is 5.05. The van der Waals surface area contributed by atoms with Crippen molar-refractivity contribution in [3.8, 4) is 0 Å². The van der Waals surface area contributed by atoms with Crippen molar-refractivity contribution in [2.24, 2.45) is 0 Å². The van der Waals surface area contributed by atoms with Crippen LogP contribution < -0.4 is 5.32 Å². The van der Waals surface area contributed by atoms with E-state index >= 15 is 0 Å². The van der Waals surface area contributed by atoms with Gasteiger partial charge < -0.3 is 25.2 Å². The van der Waals surface area contributed by atoms with Crippen LogP contribution in [0.3, 0.4) is 0 Å². The van der Waals surface area contributed by atoms with Gasteiger partial charge in [-0.05, 0) is 13.8 Å². The van der Waals surface area contributed by atoms with E-state index in [0.29, 0.717) is 0 Å². The molecule has 9 nitrogen and oxygen atoms in total. The molecule has 0 radical (unpaired) electrons. The van der Waals surface area contributed by atoms with Crippen LogP contribution in [0, 0.1) is 10.1 Å². The molecule has 4 N–H and O–H groups in total. The van der Waals surface area contributed by atoms with Gasteiger partial charge in [0, 0.05) is 12.1 Å². The molecule has 1 aromatic rings. The first-order valence-corrected chi connectivity index (χ1v) is 6.31. The minimum absolute atomic E-state index is 0.0106. The van der Waals surface area contributed by atoms with E-state index < -0.39 is 36.2 Å². The number of aliphatic hydroxyl groups excluding tert-OH is 3. The molecule has 0 saturated carbocycles. The second kappa shape index (κ2) is 6.66. The lowest BCUT2D eigenvalue weighted by Crippen LogP contribution is -2.57. The zero-order valence-corrected chi connectivity index (χ0v) is 11.8. The fraction of sp³-hybridized carbons (Fsp3) is 0.583. The van der Waals surface area contributed by atoms with Crippen LogP contribution in [0.5, 0.6) is 0 Å². The summed E-state index contributed by atoms with van der Waals surface area (Å²) in [5.41, 5.74) is -1.81. The number of nitrogens with zero attached hydrogens (tertiary/aromatic N) is 2. The average Bonchev–Trinajstić information content (AvgIpc) is 2.90. The van der Waals surface area contributed by atoms with Crippen LogP contribution in [0.2, 0.25) is 0 Å². The molecular formula is C12H19N3O6. The zero-order valence-electron chi connectivity index (χ0n) is 11.8. The summed E-state index contributed by atoms with van der Waals surface area (Å²) >= 11 is 0. The lowest BCUT2D eigenvalue weighted by molar-refractivity contribution is -0.384. The molecule has 0 atom stereocenters. The number of nitro groups is 1. The molecule has 21 heavy (non-hydrogen) atoms. The molecule has 118 valence electrons. The number of aromatic nitrogens is 1. The first kappa shape index (κ1) is 17.1. The van der Waals surface area contributed by atoms with Gasteiger partial charge in [0.05, 0.1) is 30.9 Å². The highest BCUT2D eigenvalue weighted by Crippen LogP contribution is 2.21. The van der Waals surface area contributed by atoms with Crippen LogP contribution in [0.4, 0.5) is 5.69 Å². The van der Waals surface area contributed by atoms with Crippen molar-refractivity contribution in [1.82, 2.24) is 9.88 Å². The number of aliphatic hydroxyl groups is 3. The lowest BCUT2D eigenvalue weighted by Gasteiger charge is -2.28. The number of amides is 1. The molecule has 1 rings (SSSR count). The molecule has 0 spiro atoms. The van der Waals surface area contributed by atoms with Gasteiger partial charge in [-0.25, -0.2) is 0 Å². The smallest absolute Gasteiger partial charge is 0.287 e. The molecule has 0 fully saturated rings. The summed E-state index contributed by atoms with van der Waals surface area (Å²) in [6.07, 6.45) is 1.23. The first-order valence-electron chi connectivity index (χ1n) is 6.31. The van der Waals surface area contributed by atoms with E-state index in [1.165, 1.54) is 10.8 Å². The summed E-state index contributed by atoms with van der Waals surface area (Å²) in [6.45, 7) is 1.48. The third-order valence-electron chi connectivity index (χ3n) is 3.12. The Hall–Kier alpha value is -1.97. The Bertz CT molecular complexity index is 513. The predicted octanol–water partition coefficient (Wildman–Crippen LogP) is -0.577. The van der Waals surface area contributed by atoms with E-state index in [1.807, 2.05) is 0 Å². The predicted molar refractivity (Wildman–Crippen MR) is 72.9 cm³/mol. The normalized spacial score (nSPS) is 11.7. The molecule has 1 heterocycles. The van der Waals surface area contributed by atoms with Crippen LogP contribution in [0.25, 0.3) is 0 Å². The van der Waals surface area contributed by atoms with Gasteiger partial charge in [-0.2, -0.15) is 0 Å². The van der Waals surface area contributed by atoms with Gasteiger partial charge in [0.25, 0.3) is 11.6 Å². The van der Waals surface area contributed by atoms with Crippen LogP contribution in [0.1, 0.15) is 30.4 Å². The average molecular weight is 301 g/mol. The third-order valence-corrected chi connectivity index (χ3v) is 3.12. The summed E-state index contributed by atoms with van der Waals surface area (Å²) in [6, 6.07) is 0.901. The van der Waals surface area contributed by atoms with Crippen molar-refractivity contribution in [2.75, 3.05) is 19.8 Å². The third kappa shape index (κ3) is 3.57. The molecular weight excluding hydrogens is 282 g/mol. The summed E-state index contributed by atoms with van der Waals surface area (Å²) in [5.74, 6) is -0.728. The van der Waals surface area contributed by atoms with E-state index in [-0.39, 0.29) is 17.4 Å². The Kier molecular flexibility index (Phi) is 5.41. The number of nitrogens with one attached hydrogen (secondary N) is 1. The first-order chi connectivity index (χ1) is 9.80. The zero-order chi connectivity index (χ0) is 16.2. The van der Waals surface area contributed by atoms with Crippen molar-refractivity contribution in [3.63, 3.8) is 0 Å². The molecule has 9 heteroatoms. The van der Waals surface area contributed by atoms with Gasteiger partial charge in [-0.1, -0.05) is 0 Å². The molecule has 0 aromatic carbocycles. The standard InChI is InChI=1S/C12H19N3O6/c1-8(2)14-4-9(15(20)21)3-10(14)11(19)13-12(5-16,6-17)7-18/h3-4,8,16-18H,5-7H2,1-2H3,(H,13,19). The van der Waals surface area contributed by atoms with E-state index in [4.69, 9.17) is 0 Å². The van der Waals surface area contributed by atoms with Crippen molar-refractivity contribution >= 4 is 11.6 Å². The molecule has 0 aliphatic carbocycles. The van der Waals surface area contributed by atoms with Gasteiger partial charge >= 0.3 is 0 Å². The Balaban J connectivity index is 3.14. The van der Waals surface area contributed by atoms with Gasteiger partial charge in [0.1, 0.15) is 11.2 Å². The number of hydrogen-bond acceptors (Lipinski definition) is 6. The Morgan fingerprint density at radius 3 is 2.29 bits per heavy atom. The molecule has 0 bridgehead atoms. The fourth-order valence-electron chi connectivity index (χ4n) is 1.75. The van der Waals surface area contributed by atoms with E-state index in [9.17, 15) is 30.2 Å². The number of rotatable bonds is 7. The van der Waals surface area contributed by atoms with Gasteiger partial charge in [0.15, 0.2) is 0 Å². The van der Waals surface area contributed by atoms with Crippen molar-refractivity contribution in [2.45, 2.75) is 25.4 Å². The molecule has 0 aliphatic rings. The van der Waals surface area contributed by atoms with Crippen molar-refractivity contribution < 1.29 is 25.0 Å². The maximum atomic E-state index is 12.2. The van der Waals surface area contributed by atoms with Crippen LogP contribution in [0.15, 0.2) is 12.3 Å². The highest BCUT2D eigenvalue weighted by atomic mass is 16.6. The van der Waals surface area contributed by atoms with Gasteiger partial charge in [0.2, 0.25) is 0 Å². The summed E-state index contributed by atoms with van der Waals surface area (Å²) in [4.78, 5) is 22.4.